The van der Waals surface area contributed by atoms with Crippen molar-refractivity contribution in [2.24, 2.45) is 11.8 Å². The van der Waals surface area contributed by atoms with Gasteiger partial charge in [0.15, 0.2) is 0 Å². The van der Waals surface area contributed by atoms with Crippen LogP contribution in [0.15, 0.2) is 0 Å². The molecular formula is C22H47O2P. The minimum absolute atomic E-state index is 0.451. The van der Waals surface area contributed by atoms with Crippen molar-refractivity contribution in [1.82, 2.24) is 0 Å². The van der Waals surface area contributed by atoms with Crippen molar-refractivity contribution < 1.29 is 9.09 Å². The van der Waals surface area contributed by atoms with E-state index in [-0.39, 0.29) is 0 Å². The molecule has 0 aromatic heterocycles. The molecule has 0 unspecified atom stereocenters. The highest BCUT2D eigenvalue weighted by Crippen LogP contribution is 2.50. The molecule has 0 amide bonds. The third-order valence-electron chi connectivity index (χ3n) is 4.61. The third-order valence-corrected chi connectivity index (χ3v) is 7.84. The summed E-state index contributed by atoms with van der Waals surface area (Å²) in [5.74, 6) is 0.901. The summed E-state index contributed by atoms with van der Waals surface area (Å²) in [6.07, 6.45) is 17.7. The van der Waals surface area contributed by atoms with Gasteiger partial charge in [-0.2, -0.15) is 0 Å². The van der Waals surface area contributed by atoms with Gasteiger partial charge in [-0.15, -0.1) is 0 Å². The fraction of sp³-hybridized carbons (Fsp3) is 1.00. The zero-order chi connectivity index (χ0) is 19.0. The van der Waals surface area contributed by atoms with Crippen molar-refractivity contribution in [3.8, 4) is 0 Å². The summed E-state index contributed by atoms with van der Waals surface area (Å²) >= 11 is 0. The number of hydrogen-bond acceptors (Lipinski definition) is 2. The zero-order valence-electron chi connectivity index (χ0n) is 18.0. The molecule has 0 aromatic rings. The second-order valence-corrected chi connectivity index (χ2v) is 11.3. The van der Waals surface area contributed by atoms with E-state index in [1.807, 2.05) is 0 Å². The van der Waals surface area contributed by atoms with Gasteiger partial charge in [0.2, 0.25) is 7.37 Å². The Bertz CT molecular complexity index is 312. The van der Waals surface area contributed by atoms with Crippen LogP contribution in [0.1, 0.15) is 112 Å². The molecule has 0 spiro atoms. The molecule has 25 heavy (non-hydrogen) atoms. The number of unbranched alkanes of at least 4 members (excludes halogenated alkanes) is 11. The standard InChI is InChI=1S/C22H47O2P/c1-6-7-8-9-10-11-12-13-14-15-16-17-18-24-25(23,19-21(2)3)20-22(4)5/h21-22H,6-20H2,1-5H3. The third kappa shape index (κ3) is 17.4. The van der Waals surface area contributed by atoms with Crippen LogP contribution in [-0.4, -0.2) is 18.9 Å². The van der Waals surface area contributed by atoms with Crippen molar-refractivity contribution >= 4 is 7.37 Å². The summed E-state index contributed by atoms with van der Waals surface area (Å²) in [5, 5.41) is 0. The predicted octanol–water partition coefficient (Wildman–Crippen LogP) is 8.29. The predicted molar refractivity (Wildman–Crippen MR) is 114 cm³/mol. The number of rotatable bonds is 18. The van der Waals surface area contributed by atoms with Gasteiger partial charge >= 0.3 is 0 Å². The van der Waals surface area contributed by atoms with Gasteiger partial charge in [-0.25, -0.2) is 0 Å². The fourth-order valence-electron chi connectivity index (χ4n) is 3.47. The first-order valence-electron chi connectivity index (χ1n) is 11.1. The minimum atomic E-state index is -2.41. The lowest BCUT2D eigenvalue weighted by Gasteiger charge is -2.22. The molecule has 0 rings (SSSR count). The maximum Gasteiger partial charge on any atom is 0.203 e. The van der Waals surface area contributed by atoms with Gasteiger partial charge in [-0.05, 0) is 18.3 Å². The second-order valence-electron chi connectivity index (χ2n) is 8.69. The van der Waals surface area contributed by atoms with E-state index >= 15 is 0 Å². The molecule has 0 aromatic carbocycles. The lowest BCUT2D eigenvalue weighted by atomic mass is 10.1. The lowest BCUT2D eigenvalue weighted by Crippen LogP contribution is -2.09. The van der Waals surface area contributed by atoms with E-state index in [0.29, 0.717) is 18.4 Å². The second kappa shape index (κ2) is 16.4. The summed E-state index contributed by atoms with van der Waals surface area (Å²) in [5.41, 5.74) is 0. The van der Waals surface area contributed by atoms with Crippen LogP contribution in [0.2, 0.25) is 0 Å². The molecule has 0 bridgehead atoms. The maximum atomic E-state index is 12.9. The Kier molecular flexibility index (Phi) is 16.5. The highest BCUT2D eigenvalue weighted by Gasteiger charge is 2.25. The minimum Gasteiger partial charge on any atom is -0.328 e. The Hall–Kier alpha value is 0.190. The number of hydrogen-bond donors (Lipinski definition) is 0. The Balaban J connectivity index is 3.56. The Morgan fingerprint density at radius 3 is 1.36 bits per heavy atom. The molecule has 0 N–H and O–H groups in total. The quantitative estimate of drug-likeness (QED) is 0.178. The Morgan fingerprint density at radius 2 is 1.00 bits per heavy atom. The van der Waals surface area contributed by atoms with Gasteiger partial charge in [0.1, 0.15) is 0 Å². The highest BCUT2D eigenvalue weighted by molar-refractivity contribution is 7.59. The molecule has 0 fully saturated rings. The zero-order valence-corrected chi connectivity index (χ0v) is 18.9. The van der Waals surface area contributed by atoms with Crippen molar-refractivity contribution in [2.75, 3.05) is 18.9 Å². The summed E-state index contributed by atoms with van der Waals surface area (Å²) < 4.78 is 18.8. The van der Waals surface area contributed by atoms with Gasteiger partial charge < -0.3 is 4.52 Å². The first-order chi connectivity index (χ1) is 11.9. The molecule has 2 nitrogen and oxygen atoms in total. The largest absolute Gasteiger partial charge is 0.328 e. The van der Waals surface area contributed by atoms with Crippen LogP contribution < -0.4 is 0 Å². The van der Waals surface area contributed by atoms with Gasteiger partial charge in [0, 0.05) is 12.3 Å². The molecule has 0 aliphatic rings. The fourth-order valence-corrected chi connectivity index (χ4v) is 6.51. The monoisotopic (exact) mass is 374 g/mol. The van der Waals surface area contributed by atoms with E-state index in [2.05, 4.69) is 34.6 Å². The Labute approximate surface area is 159 Å². The first-order valence-corrected chi connectivity index (χ1v) is 13.1. The van der Waals surface area contributed by atoms with E-state index < -0.39 is 7.37 Å². The van der Waals surface area contributed by atoms with Crippen LogP contribution in [0, 0.1) is 11.8 Å². The summed E-state index contributed by atoms with van der Waals surface area (Å²) in [7, 11) is -2.41. The summed E-state index contributed by atoms with van der Waals surface area (Å²) in [6, 6.07) is 0. The van der Waals surface area contributed by atoms with Crippen LogP contribution in [0.3, 0.4) is 0 Å². The van der Waals surface area contributed by atoms with E-state index in [1.54, 1.807) is 0 Å². The summed E-state index contributed by atoms with van der Waals surface area (Å²) in [4.78, 5) is 0. The smallest absolute Gasteiger partial charge is 0.203 e. The molecule has 0 heterocycles. The van der Waals surface area contributed by atoms with Crippen molar-refractivity contribution in [2.45, 2.75) is 112 Å². The van der Waals surface area contributed by atoms with Crippen LogP contribution in [0.5, 0.6) is 0 Å². The first kappa shape index (κ1) is 25.2. The van der Waals surface area contributed by atoms with Crippen LogP contribution in [0.25, 0.3) is 0 Å². The van der Waals surface area contributed by atoms with Gasteiger partial charge in [-0.1, -0.05) is 105 Å². The molecule has 0 saturated heterocycles. The van der Waals surface area contributed by atoms with Crippen LogP contribution in [-0.2, 0) is 9.09 Å². The van der Waals surface area contributed by atoms with Gasteiger partial charge in [0.25, 0.3) is 0 Å². The molecule has 0 aliphatic heterocycles. The van der Waals surface area contributed by atoms with E-state index in [0.717, 1.165) is 18.7 Å². The van der Waals surface area contributed by atoms with E-state index in [4.69, 9.17) is 4.52 Å². The van der Waals surface area contributed by atoms with Gasteiger partial charge in [0.05, 0.1) is 6.61 Å². The average molecular weight is 375 g/mol. The topological polar surface area (TPSA) is 26.3 Å². The van der Waals surface area contributed by atoms with E-state index in [1.165, 1.54) is 70.6 Å². The molecule has 3 heteroatoms. The summed E-state index contributed by atoms with van der Waals surface area (Å²) in [6.45, 7) is 11.5. The molecule has 152 valence electrons. The SMILES string of the molecule is CCCCCCCCCCCCCCOP(=O)(CC(C)C)CC(C)C. The van der Waals surface area contributed by atoms with Crippen molar-refractivity contribution in [3.05, 3.63) is 0 Å². The van der Waals surface area contributed by atoms with Gasteiger partial charge in [-0.3, -0.25) is 4.57 Å². The van der Waals surface area contributed by atoms with Crippen molar-refractivity contribution in [1.29, 1.82) is 0 Å². The molecule has 0 atom stereocenters. The van der Waals surface area contributed by atoms with E-state index in [9.17, 15) is 4.57 Å². The van der Waals surface area contributed by atoms with Crippen LogP contribution >= 0.6 is 7.37 Å². The molecule has 0 radical (unpaired) electrons. The van der Waals surface area contributed by atoms with Crippen molar-refractivity contribution in [3.63, 3.8) is 0 Å². The maximum absolute atomic E-state index is 12.9. The molecule has 0 aliphatic carbocycles. The average Bonchev–Trinajstić information content (AvgIpc) is 2.50. The lowest BCUT2D eigenvalue weighted by molar-refractivity contribution is 0.296. The van der Waals surface area contributed by atoms with Crippen LogP contribution in [0.4, 0.5) is 0 Å². The highest BCUT2D eigenvalue weighted by atomic mass is 31.2. The Morgan fingerprint density at radius 1 is 0.640 bits per heavy atom. The molecular weight excluding hydrogens is 327 g/mol. The normalized spacial score (nSPS) is 12.4. The molecule has 0 saturated carbocycles.